The first-order valence-electron chi connectivity index (χ1n) is 7.50. The van der Waals surface area contributed by atoms with E-state index in [1.165, 1.54) is 12.8 Å². The molecule has 0 aromatic heterocycles. The summed E-state index contributed by atoms with van der Waals surface area (Å²) in [5, 5.41) is 3.72. The van der Waals surface area contributed by atoms with Gasteiger partial charge >= 0.3 is 0 Å². The van der Waals surface area contributed by atoms with Crippen LogP contribution >= 0.6 is 0 Å². The zero-order valence-electron chi connectivity index (χ0n) is 12.4. The highest BCUT2D eigenvalue weighted by molar-refractivity contribution is 5.10. The van der Waals surface area contributed by atoms with Crippen molar-refractivity contribution in [1.82, 2.24) is 5.32 Å². The largest absolute Gasteiger partial charge is 0.379 e. The summed E-state index contributed by atoms with van der Waals surface area (Å²) in [6.45, 7) is 11.7. The van der Waals surface area contributed by atoms with Crippen LogP contribution in [0.4, 0.5) is 0 Å². The van der Waals surface area contributed by atoms with E-state index in [0.29, 0.717) is 23.7 Å². The van der Waals surface area contributed by atoms with Crippen LogP contribution < -0.4 is 5.32 Å². The van der Waals surface area contributed by atoms with Gasteiger partial charge in [-0.1, -0.05) is 13.8 Å². The molecule has 1 saturated heterocycles. The molecule has 1 aliphatic carbocycles. The average molecular weight is 255 g/mol. The van der Waals surface area contributed by atoms with Gasteiger partial charge in [0.1, 0.15) is 0 Å². The van der Waals surface area contributed by atoms with Crippen LogP contribution in [0.1, 0.15) is 47.0 Å². The van der Waals surface area contributed by atoms with Crippen molar-refractivity contribution >= 4 is 0 Å². The number of rotatable bonds is 6. The zero-order chi connectivity index (χ0) is 13.2. The Bertz CT molecular complexity index is 265. The van der Waals surface area contributed by atoms with E-state index in [-0.39, 0.29) is 0 Å². The van der Waals surface area contributed by atoms with Crippen molar-refractivity contribution in [2.24, 2.45) is 11.3 Å². The topological polar surface area (TPSA) is 30.5 Å². The molecule has 2 aliphatic rings. The lowest BCUT2D eigenvalue weighted by atomic mass is 9.55. The summed E-state index contributed by atoms with van der Waals surface area (Å²) in [4.78, 5) is 0. The summed E-state index contributed by atoms with van der Waals surface area (Å²) >= 11 is 0. The maximum Gasteiger partial charge on any atom is 0.0684 e. The summed E-state index contributed by atoms with van der Waals surface area (Å²) in [6.07, 6.45) is 4.49. The molecule has 3 unspecified atom stereocenters. The van der Waals surface area contributed by atoms with E-state index >= 15 is 0 Å². The third-order valence-corrected chi connectivity index (χ3v) is 4.47. The number of fused-ring (bicyclic) bond motifs is 1. The monoisotopic (exact) mass is 255 g/mol. The van der Waals surface area contributed by atoms with E-state index in [0.717, 1.165) is 32.1 Å². The molecular formula is C15H29NO2. The second-order valence-corrected chi connectivity index (χ2v) is 6.62. The Morgan fingerprint density at radius 2 is 2.17 bits per heavy atom. The second-order valence-electron chi connectivity index (χ2n) is 6.62. The van der Waals surface area contributed by atoms with Crippen molar-refractivity contribution in [3.05, 3.63) is 0 Å². The first-order valence-corrected chi connectivity index (χ1v) is 7.50. The molecule has 0 spiro atoms. The number of nitrogens with one attached hydrogen (secondary N) is 1. The van der Waals surface area contributed by atoms with Gasteiger partial charge in [0.2, 0.25) is 0 Å². The van der Waals surface area contributed by atoms with E-state index in [2.05, 4.69) is 33.0 Å². The van der Waals surface area contributed by atoms with Crippen LogP contribution in [-0.4, -0.2) is 38.0 Å². The summed E-state index contributed by atoms with van der Waals surface area (Å²) in [7, 11) is 0. The highest BCUT2D eigenvalue weighted by atomic mass is 16.5. The fourth-order valence-corrected chi connectivity index (χ4v) is 3.59. The molecule has 0 aromatic rings. The Morgan fingerprint density at radius 3 is 2.89 bits per heavy atom. The minimum atomic E-state index is 0.296. The van der Waals surface area contributed by atoms with Crippen LogP contribution in [0.15, 0.2) is 0 Å². The molecule has 0 amide bonds. The summed E-state index contributed by atoms with van der Waals surface area (Å²) in [5.74, 6) is 0.736. The third-order valence-electron chi connectivity index (χ3n) is 4.47. The van der Waals surface area contributed by atoms with Crippen molar-refractivity contribution in [3.8, 4) is 0 Å². The van der Waals surface area contributed by atoms with E-state index in [9.17, 15) is 0 Å². The van der Waals surface area contributed by atoms with Crippen molar-refractivity contribution in [2.75, 3.05) is 19.8 Å². The van der Waals surface area contributed by atoms with Crippen molar-refractivity contribution in [1.29, 1.82) is 0 Å². The minimum absolute atomic E-state index is 0.296. The van der Waals surface area contributed by atoms with Gasteiger partial charge in [0.25, 0.3) is 0 Å². The summed E-state index contributed by atoms with van der Waals surface area (Å²) < 4.78 is 11.5. The van der Waals surface area contributed by atoms with Gasteiger partial charge in [0.05, 0.1) is 12.2 Å². The van der Waals surface area contributed by atoms with Gasteiger partial charge in [0, 0.05) is 30.6 Å². The van der Waals surface area contributed by atoms with E-state index < -0.39 is 0 Å². The second kappa shape index (κ2) is 5.89. The molecule has 0 radical (unpaired) electrons. The molecule has 2 fully saturated rings. The molecule has 1 saturated carbocycles. The predicted octanol–water partition coefficient (Wildman–Crippen LogP) is 2.59. The fraction of sp³-hybridized carbons (Fsp3) is 1.00. The van der Waals surface area contributed by atoms with Gasteiger partial charge in [-0.25, -0.2) is 0 Å². The lowest BCUT2D eigenvalue weighted by Gasteiger charge is -2.60. The molecule has 18 heavy (non-hydrogen) atoms. The first-order chi connectivity index (χ1) is 8.53. The van der Waals surface area contributed by atoms with E-state index in [4.69, 9.17) is 9.47 Å². The Labute approximate surface area is 112 Å². The average Bonchev–Trinajstić information content (AvgIpc) is 2.33. The van der Waals surface area contributed by atoms with Gasteiger partial charge in [-0.2, -0.15) is 0 Å². The van der Waals surface area contributed by atoms with Crippen LogP contribution in [0, 0.1) is 11.3 Å². The van der Waals surface area contributed by atoms with Crippen LogP contribution in [0.25, 0.3) is 0 Å². The van der Waals surface area contributed by atoms with Gasteiger partial charge in [0.15, 0.2) is 0 Å². The van der Waals surface area contributed by atoms with Crippen LogP contribution in [-0.2, 0) is 9.47 Å². The smallest absolute Gasteiger partial charge is 0.0684 e. The first kappa shape index (κ1) is 14.3. The highest BCUT2D eigenvalue weighted by Crippen LogP contribution is 2.51. The SMILES string of the molecule is CC(C)OCCCNC1C2CCCOC2C1(C)C. The minimum Gasteiger partial charge on any atom is -0.379 e. The number of hydrogen-bond acceptors (Lipinski definition) is 3. The van der Waals surface area contributed by atoms with Gasteiger partial charge in [-0.05, 0) is 39.7 Å². The quantitative estimate of drug-likeness (QED) is 0.740. The number of ether oxygens (including phenoxy) is 2. The van der Waals surface area contributed by atoms with E-state index in [1.54, 1.807) is 0 Å². The molecule has 3 nitrogen and oxygen atoms in total. The lowest BCUT2D eigenvalue weighted by molar-refractivity contribution is -0.192. The van der Waals surface area contributed by atoms with Crippen molar-refractivity contribution < 1.29 is 9.47 Å². The third kappa shape index (κ3) is 2.89. The van der Waals surface area contributed by atoms with Crippen molar-refractivity contribution in [2.45, 2.75) is 65.2 Å². The summed E-state index contributed by atoms with van der Waals surface area (Å²) in [5.41, 5.74) is 0.296. The molecule has 3 heteroatoms. The number of hydrogen-bond donors (Lipinski definition) is 1. The maximum atomic E-state index is 5.92. The van der Waals surface area contributed by atoms with Crippen molar-refractivity contribution in [3.63, 3.8) is 0 Å². The molecule has 106 valence electrons. The zero-order valence-corrected chi connectivity index (χ0v) is 12.4. The standard InChI is InChI=1S/C15H29NO2/c1-11(2)17-10-6-8-16-13-12-7-5-9-18-14(12)15(13,3)4/h11-14,16H,5-10H2,1-4H3. The van der Waals surface area contributed by atoms with Crippen LogP contribution in [0.5, 0.6) is 0 Å². The van der Waals surface area contributed by atoms with Crippen LogP contribution in [0.3, 0.4) is 0 Å². The fourth-order valence-electron chi connectivity index (χ4n) is 3.59. The van der Waals surface area contributed by atoms with Gasteiger partial charge < -0.3 is 14.8 Å². The maximum absolute atomic E-state index is 5.92. The molecule has 0 bridgehead atoms. The molecule has 1 heterocycles. The molecule has 2 rings (SSSR count). The van der Waals surface area contributed by atoms with Gasteiger partial charge in [-0.15, -0.1) is 0 Å². The molecule has 3 atom stereocenters. The molecule has 1 N–H and O–H groups in total. The van der Waals surface area contributed by atoms with Crippen LogP contribution in [0.2, 0.25) is 0 Å². The normalized spacial score (nSPS) is 34.2. The van der Waals surface area contributed by atoms with Gasteiger partial charge in [-0.3, -0.25) is 0 Å². The Hall–Kier alpha value is -0.120. The van der Waals surface area contributed by atoms with E-state index in [1.807, 2.05) is 0 Å². The summed E-state index contributed by atoms with van der Waals surface area (Å²) in [6, 6.07) is 0.627. The molecule has 1 aliphatic heterocycles. The Morgan fingerprint density at radius 1 is 1.39 bits per heavy atom. The Kier molecular flexibility index (Phi) is 4.68. The molecule has 0 aromatic carbocycles. The highest BCUT2D eigenvalue weighted by Gasteiger charge is 2.57. The Balaban J connectivity index is 1.69. The lowest BCUT2D eigenvalue weighted by Crippen LogP contribution is -2.69. The predicted molar refractivity (Wildman–Crippen MR) is 73.7 cm³/mol. The molecular weight excluding hydrogens is 226 g/mol.